The molecule has 0 aliphatic carbocycles. The summed E-state index contributed by atoms with van der Waals surface area (Å²) in [5.74, 6) is 0.911. The number of likely N-dealkylation sites (tertiary alicyclic amines) is 1. The van der Waals surface area contributed by atoms with E-state index in [1.54, 1.807) is 0 Å². The van der Waals surface area contributed by atoms with Gasteiger partial charge in [0.1, 0.15) is 0 Å². The Kier molecular flexibility index (Phi) is 5.40. The highest BCUT2D eigenvalue weighted by Crippen LogP contribution is 2.19. The van der Waals surface area contributed by atoms with Crippen LogP contribution < -0.4 is 5.32 Å². The van der Waals surface area contributed by atoms with E-state index >= 15 is 0 Å². The third-order valence-corrected chi connectivity index (χ3v) is 4.32. The molecule has 0 radical (unpaired) electrons. The van der Waals surface area contributed by atoms with Crippen LogP contribution in [0.3, 0.4) is 0 Å². The van der Waals surface area contributed by atoms with Crippen LogP contribution in [0.15, 0.2) is 12.4 Å². The van der Waals surface area contributed by atoms with Gasteiger partial charge < -0.3 is 10.2 Å². The Bertz CT molecular complexity index is 366. The first-order chi connectivity index (χ1) is 9.19. The predicted molar refractivity (Wildman–Crippen MR) is 79.2 cm³/mol. The van der Waals surface area contributed by atoms with Gasteiger partial charge in [-0.05, 0) is 65.7 Å². The molecule has 2 heterocycles. The number of aromatic nitrogens is 2. The van der Waals surface area contributed by atoms with Crippen molar-refractivity contribution in [3.05, 3.63) is 18.0 Å². The van der Waals surface area contributed by atoms with Crippen molar-refractivity contribution in [1.29, 1.82) is 0 Å². The normalized spacial score (nSPS) is 19.7. The number of hydrogen-bond donors (Lipinski definition) is 1. The third kappa shape index (κ3) is 4.32. The average molecular weight is 264 g/mol. The Balaban J connectivity index is 1.67. The van der Waals surface area contributed by atoms with Crippen LogP contribution in [0.25, 0.3) is 0 Å². The van der Waals surface area contributed by atoms with E-state index in [9.17, 15) is 0 Å². The summed E-state index contributed by atoms with van der Waals surface area (Å²) in [6.45, 7) is 8.95. The average Bonchev–Trinajstić information content (AvgIpc) is 2.90. The van der Waals surface area contributed by atoms with E-state index in [2.05, 4.69) is 42.4 Å². The number of piperidine rings is 1. The van der Waals surface area contributed by atoms with Crippen LogP contribution in [0, 0.1) is 5.92 Å². The standard InChI is InChI=1S/C15H28N4/c1-4-19-12-15(11-17-19)13(2)16-8-5-14-6-9-18(3)10-7-14/h11-14,16H,4-10H2,1-3H3. The minimum atomic E-state index is 0.409. The smallest absolute Gasteiger partial charge is 0.0537 e. The number of rotatable bonds is 6. The predicted octanol–water partition coefficient (Wildman–Crippen LogP) is 2.29. The van der Waals surface area contributed by atoms with E-state index in [0.717, 1.165) is 19.0 Å². The zero-order chi connectivity index (χ0) is 13.7. The lowest BCUT2D eigenvalue weighted by Gasteiger charge is -2.29. The highest BCUT2D eigenvalue weighted by Gasteiger charge is 2.16. The lowest BCUT2D eigenvalue weighted by atomic mass is 9.94. The summed E-state index contributed by atoms with van der Waals surface area (Å²) >= 11 is 0. The Morgan fingerprint density at radius 3 is 2.79 bits per heavy atom. The maximum absolute atomic E-state index is 4.33. The lowest BCUT2D eigenvalue weighted by molar-refractivity contribution is 0.211. The SMILES string of the molecule is CCn1cc(C(C)NCCC2CCN(C)CC2)cn1. The van der Waals surface area contributed by atoms with Gasteiger partial charge in [0, 0.05) is 24.3 Å². The summed E-state index contributed by atoms with van der Waals surface area (Å²) in [6.07, 6.45) is 8.16. The highest BCUT2D eigenvalue weighted by atomic mass is 15.3. The van der Waals surface area contributed by atoms with Gasteiger partial charge in [0.05, 0.1) is 6.20 Å². The molecular weight excluding hydrogens is 236 g/mol. The van der Waals surface area contributed by atoms with Crippen molar-refractivity contribution in [1.82, 2.24) is 20.0 Å². The van der Waals surface area contributed by atoms with Gasteiger partial charge in [0.25, 0.3) is 0 Å². The monoisotopic (exact) mass is 264 g/mol. The fraction of sp³-hybridized carbons (Fsp3) is 0.800. The molecule has 1 aromatic heterocycles. The zero-order valence-corrected chi connectivity index (χ0v) is 12.6. The van der Waals surface area contributed by atoms with Crippen LogP contribution in [0.4, 0.5) is 0 Å². The van der Waals surface area contributed by atoms with Gasteiger partial charge in [-0.2, -0.15) is 5.10 Å². The van der Waals surface area contributed by atoms with Crippen molar-refractivity contribution in [2.45, 2.75) is 45.7 Å². The van der Waals surface area contributed by atoms with Gasteiger partial charge in [0.15, 0.2) is 0 Å². The van der Waals surface area contributed by atoms with E-state index in [4.69, 9.17) is 0 Å². The molecule has 1 aromatic rings. The molecule has 1 aliphatic rings. The first-order valence-electron chi connectivity index (χ1n) is 7.63. The minimum Gasteiger partial charge on any atom is -0.310 e. The van der Waals surface area contributed by atoms with Gasteiger partial charge in [-0.3, -0.25) is 4.68 Å². The number of aryl methyl sites for hydroxylation is 1. The van der Waals surface area contributed by atoms with Gasteiger partial charge in [-0.15, -0.1) is 0 Å². The molecule has 0 saturated carbocycles. The fourth-order valence-electron chi connectivity index (χ4n) is 2.75. The van der Waals surface area contributed by atoms with Gasteiger partial charge >= 0.3 is 0 Å². The molecule has 108 valence electrons. The maximum Gasteiger partial charge on any atom is 0.0537 e. The molecule has 1 atom stereocenters. The van der Waals surface area contributed by atoms with Crippen LogP contribution in [-0.4, -0.2) is 41.4 Å². The fourth-order valence-corrected chi connectivity index (χ4v) is 2.75. The summed E-state index contributed by atoms with van der Waals surface area (Å²) in [7, 11) is 2.22. The topological polar surface area (TPSA) is 33.1 Å². The van der Waals surface area contributed by atoms with E-state index in [-0.39, 0.29) is 0 Å². The molecular formula is C15H28N4. The maximum atomic E-state index is 4.33. The molecule has 0 aromatic carbocycles. The Morgan fingerprint density at radius 2 is 2.16 bits per heavy atom. The number of nitrogens with zero attached hydrogens (tertiary/aromatic N) is 3. The van der Waals surface area contributed by atoms with Crippen molar-refractivity contribution in [2.75, 3.05) is 26.7 Å². The van der Waals surface area contributed by atoms with Crippen molar-refractivity contribution >= 4 is 0 Å². The van der Waals surface area contributed by atoms with Crippen molar-refractivity contribution < 1.29 is 0 Å². The Morgan fingerprint density at radius 1 is 1.42 bits per heavy atom. The number of hydrogen-bond acceptors (Lipinski definition) is 3. The minimum absolute atomic E-state index is 0.409. The lowest BCUT2D eigenvalue weighted by Crippen LogP contribution is -2.32. The number of nitrogens with one attached hydrogen (secondary N) is 1. The molecule has 0 bridgehead atoms. The molecule has 0 amide bonds. The summed E-state index contributed by atoms with van der Waals surface area (Å²) in [5, 5.41) is 7.96. The van der Waals surface area contributed by atoms with Crippen LogP contribution in [0.5, 0.6) is 0 Å². The van der Waals surface area contributed by atoms with E-state index in [0.29, 0.717) is 6.04 Å². The summed E-state index contributed by atoms with van der Waals surface area (Å²) in [4.78, 5) is 2.44. The van der Waals surface area contributed by atoms with Crippen LogP contribution in [0.2, 0.25) is 0 Å². The molecule has 4 nitrogen and oxygen atoms in total. The second kappa shape index (κ2) is 7.06. The molecule has 0 spiro atoms. The Hall–Kier alpha value is -0.870. The molecule has 2 rings (SSSR count). The largest absolute Gasteiger partial charge is 0.310 e. The molecule has 1 unspecified atom stereocenters. The second-order valence-corrected chi connectivity index (χ2v) is 5.84. The summed E-state index contributed by atoms with van der Waals surface area (Å²) < 4.78 is 1.99. The van der Waals surface area contributed by atoms with Crippen molar-refractivity contribution in [3.8, 4) is 0 Å². The third-order valence-electron chi connectivity index (χ3n) is 4.32. The van der Waals surface area contributed by atoms with Crippen LogP contribution >= 0.6 is 0 Å². The van der Waals surface area contributed by atoms with E-state index in [1.807, 2.05) is 10.9 Å². The summed E-state index contributed by atoms with van der Waals surface area (Å²) in [5.41, 5.74) is 1.30. The molecule has 19 heavy (non-hydrogen) atoms. The molecule has 1 N–H and O–H groups in total. The van der Waals surface area contributed by atoms with Crippen molar-refractivity contribution in [2.24, 2.45) is 5.92 Å². The zero-order valence-electron chi connectivity index (χ0n) is 12.6. The Labute approximate surface area is 117 Å². The van der Waals surface area contributed by atoms with E-state index in [1.165, 1.54) is 37.9 Å². The molecule has 1 aliphatic heterocycles. The molecule has 1 fully saturated rings. The first-order valence-corrected chi connectivity index (χ1v) is 7.63. The van der Waals surface area contributed by atoms with Gasteiger partial charge in [-0.25, -0.2) is 0 Å². The summed E-state index contributed by atoms with van der Waals surface area (Å²) in [6, 6.07) is 0.409. The van der Waals surface area contributed by atoms with Crippen LogP contribution in [-0.2, 0) is 6.54 Å². The van der Waals surface area contributed by atoms with Crippen LogP contribution in [0.1, 0.15) is 44.7 Å². The highest BCUT2D eigenvalue weighted by molar-refractivity contribution is 5.09. The quantitative estimate of drug-likeness (QED) is 0.856. The van der Waals surface area contributed by atoms with Crippen molar-refractivity contribution in [3.63, 3.8) is 0 Å². The molecule has 4 heteroatoms. The van der Waals surface area contributed by atoms with E-state index < -0.39 is 0 Å². The van der Waals surface area contributed by atoms with Gasteiger partial charge in [-0.1, -0.05) is 0 Å². The molecule has 1 saturated heterocycles. The van der Waals surface area contributed by atoms with Gasteiger partial charge in [0.2, 0.25) is 0 Å². The second-order valence-electron chi connectivity index (χ2n) is 5.84. The first kappa shape index (κ1) is 14.5.